The first-order chi connectivity index (χ1) is 8.96. The predicted octanol–water partition coefficient (Wildman–Crippen LogP) is 3.26. The van der Waals surface area contributed by atoms with E-state index in [9.17, 15) is 26.4 Å². The van der Waals surface area contributed by atoms with Crippen molar-refractivity contribution < 1.29 is 31.1 Å². The molecule has 1 aromatic carbocycles. The number of sulfone groups is 1. The molecule has 0 saturated carbocycles. The highest BCUT2D eigenvalue weighted by atomic mass is 35.5. The van der Waals surface area contributed by atoms with Crippen molar-refractivity contribution in [1.82, 2.24) is 0 Å². The quantitative estimate of drug-likeness (QED) is 0.798. The second-order valence-electron chi connectivity index (χ2n) is 3.89. The lowest BCUT2D eigenvalue weighted by molar-refractivity contribution is -0.145. The fraction of sp³-hybridized carbons (Fsp3) is 0.364. The lowest BCUT2D eigenvalue weighted by Crippen LogP contribution is -2.23. The van der Waals surface area contributed by atoms with Crippen molar-refractivity contribution in [3.05, 3.63) is 28.8 Å². The number of carbonyl (C=O) groups is 1. The molecule has 4 nitrogen and oxygen atoms in total. The monoisotopic (exact) mass is 330 g/mol. The van der Waals surface area contributed by atoms with Crippen molar-refractivity contribution in [2.75, 3.05) is 0 Å². The van der Waals surface area contributed by atoms with Gasteiger partial charge in [-0.3, -0.25) is 4.79 Å². The molecule has 9 heteroatoms. The zero-order valence-corrected chi connectivity index (χ0v) is 11.9. The smallest absolute Gasteiger partial charge is 0.458 e. The van der Waals surface area contributed by atoms with Gasteiger partial charge in [0, 0.05) is 6.92 Å². The van der Waals surface area contributed by atoms with Crippen molar-refractivity contribution in [1.29, 1.82) is 0 Å². The third kappa shape index (κ3) is 3.43. The summed E-state index contributed by atoms with van der Waals surface area (Å²) in [5.41, 5.74) is -5.15. The highest BCUT2D eigenvalue weighted by Gasteiger charge is 2.47. The van der Waals surface area contributed by atoms with E-state index in [0.717, 1.165) is 18.2 Å². The Balaban J connectivity index is 3.22. The second-order valence-corrected chi connectivity index (χ2v) is 6.21. The molecule has 0 aliphatic heterocycles. The fourth-order valence-corrected chi connectivity index (χ4v) is 2.74. The van der Waals surface area contributed by atoms with E-state index in [1.54, 1.807) is 0 Å². The maximum Gasteiger partial charge on any atom is 0.501 e. The molecule has 0 aromatic heterocycles. The molecule has 1 unspecified atom stereocenters. The topological polar surface area (TPSA) is 60.4 Å². The van der Waals surface area contributed by atoms with Gasteiger partial charge in [-0.15, -0.1) is 0 Å². The van der Waals surface area contributed by atoms with Crippen molar-refractivity contribution in [2.24, 2.45) is 0 Å². The third-order valence-corrected chi connectivity index (χ3v) is 4.33. The van der Waals surface area contributed by atoms with E-state index in [4.69, 9.17) is 16.3 Å². The number of carbonyl (C=O) groups excluding carboxylic acids is 1. The fourth-order valence-electron chi connectivity index (χ4n) is 1.43. The lowest BCUT2D eigenvalue weighted by atomic mass is 10.1. The maximum absolute atomic E-state index is 12.4. The molecule has 0 aliphatic rings. The van der Waals surface area contributed by atoms with Gasteiger partial charge in [0.25, 0.3) is 9.84 Å². The maximum atomic E-state index is 12.4. The van der Waals surface area contributed by atoms with Crippen LogP contribution >= 0.6 is 11.6 Å². The summed E-state index contributed by atoms with van der Waals surface area (Å²) >= 11 is 5.58. The summed E-state index contributed by atoms with van der Waals surface area (Å²) in [7, 11) is -5.51. The number of halogens is 4. The zero-order chi connectivity index (χ0) is 15.7. The van der Waals surface area contributed by atoms with Crippen LogP contribution in [0.5, 0.6) is 0 Å². The van der Waals surface area contributed by atoms with Crippen LogP contribution in [0.4, 0.5) is 13.2 Å². The molecule has 0 N–H and O–H groups in total. The number of rotatable bonds is 3. The minimum Gasteiger partial charge on any atom is -0.458 e. The van der Waals surface area contributed by atoms with Crippen LogP contribution in [0.2, 0.25) is 5.02 Å². The summed E-state index contributed by atoms with van der Waals surface area (Å²) in [5, 5.41) is -0.584. The molecule has 1 atom stereocenters. The van der Waals surface area contributed by atoms with Crippen molar-refractivity contribution in [3.63, 3.8) is 0 Å². The SMILES string of the molecule is CC(=O)OC(C)c1ccc(S(=O)(=O)C(F)(F)F)c(Cl)c1. The predicted molar refractivity (Wildman–Crippen MR) is 64.9 cm³/mol. The number of hydrogen-bond donors (Lipinski definition) is 0. The Morgan fingerprint density at radius 3 is 2.30 bits per heavy atom. The summed E-state index contributed by atoms with van der Waals surface area (Å²) in [4.78, 5) is 9.73. The number of hydrogen-bond acceptors (Lipinski definition) is 4. The summed E-state index contributed by atoms with van der Waals surface area (Å²) < 4.78 is 64.5. The van der Waals surface area contributed by atoms with E-state index in [2.05, 4.69) is 0 Å². The molecule has 0 fully saturated rings. The van der Waals surface area contributed by atoms with Crippen LogP contribution in [-0.4, -0.2) is 19.9 Å². The first kappa shape index (κ1) is 16.8. The Hall–Kier alpha value is -1.28. The van der Waals surface area contributed by atoms with Gasteiger partial charge in [0.2, 0.25) is 0 Å². The van der Waals surface area contributed by atoms with Crippen LogP contribution in [-0.2, 0) is 19.4 Å². The van der Waals surface area contributed by atoms with Gasteiger partial charge < -0.3 is 4.74 Å². The van der Waals surface area contributed by atoms with Gasteiger partial charge in [-0.1, -0.05) is 17.7 Å². The Kier molecular flexibility index (Phi) is 4.70. The molecule has 112 valence electrons. The molecule has 0 amide bonds. The van der Waals surface area contributed by atoms with Crippen LogP contribution in [0.25, 0.3) is 0 Å². The van der Waals surface area contributed by atoms with E-state index in [1.165, 1.54) is 13.8 Å². The average molecular weight is 331 g/mol. The number of benzene rings is 1. The largest absolute Gasteiger partial charge is 0.501 e. The van der Waals surface area contributed by atoms with Gasteiger partial charge in [0.1, 0.15) is 6.10 Å². The average Bonchev–Trinajstić information content (AvgIpc) is 2.25. The normalized spacial score (nSPS) is 13.9. The first-order valence-electron chi connectivity index (χ1n) is 5.25. The summed E-state index contributed by atoms with van der Waals surface area (Å²) in [6.07, 6.45) is -0.757. The Morgan fingerprint density at radius 1 is 1.35 bits per heavy atom. The van der Waals surface area contributed by atoms with E-state index in [-0.39, 0.29) is 5.56 Å². The highest BCUT2D eigenvalue weighted by molar-refractivity contribution is 7.92. The molecule has 1 aromatic rings. The second kappa shape index (κ2) is 5.61. The minimum atomic E-state index is -5.51. The van der Waals surface area contributed by atoms with Gasteiger partial charge in [0.15, 0.2) is 0 Å². The van der Waals surface area contributed by atoms with Crippen LogP contribution in [0.3, 0.4) is 0 Å². The van der Waals surface area contributed by atoms with Crippen LogP contribution < -0.4 is 0 Å². The molecular formula is C11H10ClF3O4S. The Labute approximate surface area is 118 Å². The Morgan fingerprint density at radius 2 is 1.90 bits per heavy atom. The van der Waals surface area contributed by atoms with E-state index >= 15 is 0 Å². The van der Waals surface area contributed by atoms with Crippen LogP contribution in [0.1, 0.15) is 25.5 Å². The lowest BCUT2D eigenvalue weighted by Gasteiger charge is -2.14. The number of ether oxygens (including phenoxy) is 1. The highest BCUT2D eigenvalue weighted by Crippen LogP contribution is 2.35. The molecule has 0 spiro atoms. The van der Waals surface area contributed by atoms with Gasteiger partial charge in [-0.05, 0) is 24.6 Å². The van der Waals surface area contributed by atoms with Crippen molar-refractivity contribution >= 4 is 27.4 Å². The molecule has 0 aliphatic carbocycles. The molecule has 20 heavy (non-hydrogen) atoms. The first-order valence-corrected chi connectivity index (χ1v) is 7.11. The molecule has 0 radical (unpaired) electrons. The number of alkyl halides is 3. The van der Waals surface area contributed by atoms with Gasteiger partial charge >= 0.3 is 11.5 Å². The molecule has 0 saturated heterocycles. The van der Waals surface area contributed by atoms with Crippen molar-refractivity contribution in [3.8, 4) is 0 Å². The van der Waals surface area contributed by atoms with Crippen LogP contribution in [0.15, 0.2) is 23.1 Å². The molecular weight excluding hydrogens is 321 g/mol. The summed E-state index contributed by atoms with van der Waals surface area (Å²) in [6.45, 7) is 2.64. The van der Waals surface area contributed by atoms with Gasteiger partial charge in [0.05, 0.1) is 9.92 Å². The third-order valence-electron chi connectivity index (χ3n) is 2.36. The standard InChI is InChI=1S/C11H10ClF3O4S/c1-6(19-7(2)16)8-3-4-10(9(12)5-8)20(17,18)11(13,14)15/h3-6H,1-2H3. The Bertz CT molecular complexity index is 625. The molecule has 1 rings (SSSR count). The molecule has 0 heterocycles. The van der Waals surface area contributed by atoms with Crippen molar-refractivity contribution in [2.45, 2.75) is 30.4 Å². The summed E-state index contributed by atoms with van der Waals surface area (Å²) in [5.74, 6) is -0.583. The van der Waals surface area contributed by atoms with E-state index < -0.39 is 37.3 Å². The summed E-state index contributed by atoms with van der Waals surface area (Å²) in [6, 6.07) is 2.87. The molecule has 0 bridgehead atoms. The van der Waals surface area contributed by atoms with E-state index in [0.29, 0.717) is 0 Å². The number of esters is 1. The van der Waals surface area contributed by atoms with Gasteiger partial charge in [-0.2, -0.15) is 13.2 Å². The van der Waals surface area contributed by atoms with E-state index in [1.807, 2.05) is 0 Å². The van der Waals surface area contributed by atoms with Crippen LogP contribution in [0, 0.1) is 0 Å². The van der Waals surface area contributed by atoms with Gasteiger partial charge in [-0.25, -0.2) is 8.42 Å². The zero-order valence-electron chi connectivity index (χ0n) is 10.4. The minimum absolute atomic E-state index is 0.284.